The predicted octanol–water partition coefficient (Wildman–Crippen LogP) is 0.776. The molecule has 138 valence electrons. The van der Waals surface area contributed by atoms with E-state index in [4.69, 9.17) is 4.74 Å². The van der Waals surface area contributed by atoms with E-state index in [-0.39, 0.29) is 5.91 Å². The molecule has 3 rings (SSSR count). The van der Waals surface area contributed by atoms with E-state index in [0.717, 1.165) is 37.0 Å². The van der Waals surface area contributed by atoms with Gasteiger partial charge in [-0.05, 0) is 26.7 Å². The van der Waals surface area contributed by atoms with Crippen molar-refractivity contribution in [2.24, 2.45) is 0 Å². The van der Waals surface area contributed by atoms with E-state index < -0.39 is 11.3 Å². The fraction of sp³-hybridized carbons (Fsp3) is 0.733. The van der Waals surface area contributed by atoms with Crippen molar-refractivity contribution in [3.05, 3.63) is 0 Å². The number of ether oxygens (including phenoxy) is 1. The summed E-state index contributed by atoms with van der Waals surface area (Å²) in [5, 5.41) is 13.8. The van der Waals surface area contributed by atoms with Crippen LogP contribution >= 0.6 is 11.8 Å². The minimum Gasteiger partial charge on any atom is -0.378 e. The number of hydrogen-bond donors (Lipinski definition) is 2. The zero-order valence-electron chi connectivity index (χ0n) is 14.5. The number of thioether (sulfide) groups is 1. The second-order valence-electron chi connectivity index (χ2n) is 6.09. The zero-order valence-corrected chi connectivity index (χ0v) is 15.3. The lowest BCUT2D eigenvalue weighted by atomic mass is 10.4. The summed E-state index contributed by atoms with van der Waals surface area (Å²) >= 11 is 1.33. The van der Waals surface area contributed by atoms with Crippen LogP contribution in [-0.2, 0) is 9.53 Å². The molecule has 9 nitrogen and oxygen atoms in total. The summed E-state index contributed by atoms with van der Waals surface area (Å²) in [6.07, 6.45) is 2.20. The lowest BCUT2D eigenvalue weighted by Crippen LogP contribution is -2.42. The molecule has 1 saturated heterocycles. The summed E-state index contributed by atoms with van der Waals surface area (Å²) in [5.74, 6) is 0.513. The molecule has 0 aromatic carbocycles. The van der Waals surface area contributed by atoms with Crippen molar-refractivity contribution in [3.8, 4) is 0 Å². The Bertz CT molecular complexity index is 627. The maximum atomic E-state index is 12.2. The highest BCUT2D eigenvalue weighted by molar-refractivity contribution is 8.00. The highest BCUT2D eigenvalue weighted by atomic mass is 32.2. The standard InChI is InChI=1S/C15H24N6O3S/c1-3-16-13(23)17-12(22)10(2)25-15-19-18-14(21(15)11-4-5-11)20-6-8-24-9-7-20/h10-11H,3-9H2,1-2H3,(H2,16,17,22,23). The average molecular weight is 368 g/mol. The van der Waals surface area contributed by atoms with Crippen LogP contribution in [0.2, 0.25) is 0 Å². The normalized spacial score (nSPS) is 18.7. The number of carbonyl (C=O) groups excluding carboxylic acids is 2. The lowest BCUT2D eigenvalue weighted by Gasteiger charge is -2.28. The quantitative estimate of drug-likeness (QED) is 0.715. The van der Waals surface area contributed by atoms with Gasteiger partial charge in [-0.25, -0.2) is 4.79 Å². The molecule has 2 N–H and O–H groups in total. The SMILES string of the molecule is CCNC(=O)NC(=O)C(C)Sc1nnc(N2CCOCC2)n1C1CC1. The second kappa shape index (κ2) is 8.05. The van der Waals surface area contributed by atoms with Crippen molar-refractivity contribution in [3.63, 3.8) is 0 Å². The van der Waals surface area contributed by atoms with Crippen molar-refractivity contribution in [1.29, 1.82) is 0 Å². The molecule has 1 aromatic rings. The molecular weight excluding hydrogens is 344 g/mol. The Labute approximate surface area is 150 Å². The number of morpholine rings is 1. The lowest BCUT2D eigenvalue weighted by molar-refractivity contribution is -0.119. The van der Waals surface area contributed by atoms with E-state index in [0.29, 0.717) is 25.8 Å². The highest BCUT2D eigenvalue weighted by Crippen LogP contribution is 2.41. The molecule has 0 radical (unpaired) electrons. The van der Waals surface area contributed by atoms with Crippen LogP contribution in [0.5, 0.6) is 0 Å². The predicted molar refractivity (Wildman–Crippen MR) is 93.9 cm³/mol. The Morgan fingerprint density at radius 2 is 2.04 bits per heavy atom. The number of aromatic nitrogens is 3. The van der Waals surface area contributed by atoms with E-state index >= 15 is 0 Å². The molecule has 1 aromatic heterocycles. The topological polar surface area (TPSA) is 101 Å². The van der Waals surface area contributed by atoms with E-state index in [1.165, 1.54) is 11.8 Å². The Morgan fingerprint density at radius 3 is 2.68 bits per heavy atom. The van der Waals surface area contributed by atoms with Crippen LogP contribution in [0, 0.1) is 0 Å². The van der Waals surface area contributed by atoms with Crippen LogP contribution in [0.25, 0.3) is 0 Å². The third-order valence-corrected chi connectivity index (χ3v) is 5.13. The first-order chi connectivity index (χ1) is 12.1. The maximum Gasteiger partial charge on any atom is 0.321 e. The van der Waals surface area contributed by atoms with Gasteiger partial charge < -0.3 is 15.0 Å². The molecule has 2 aliphatic rings. The molecule has 1 aliphatic heterocycles. The van der Waals surface area contributed by atoms with Gasteiger partial charge in [-0.2, -0.15) is 0 Å². The monoisotopic (exact) mass is 368 g/mol. The Hall–Kier alpha value is -1.81. The maximum absolute atomic E-state index is 12.2. The number of urea groups is 1. The summed E-state index contributed by atoms with van der Waals surface area (Å²) in [6.45, 7) is 6.99. The Kier molecular flexibility index (Phi) is 5.79. The van der Waals surface area contributed by atoms with Crippen LogP contribution in [0.1, 0.15) is 32.7 Å². The summed E-state index contributed by atoms with van der Waals surface area (Å²) in [7, 11) is 0. The van der Waals surface area contributed by atoms with Gasteiger partial charge in [0, 0.05) is 25.7 Å². The van der Waals surface area contributed by atoms with Crippen molar-refractivity contribution < 1.29 is 14.3 Å². The number of nitrogens with one attached hydrogen (secondary N) is 2. The number of imide groups is 1. The number of hydrogen-bond acceptors (Lipinski definition) is 7. The number of carbonyl (C=O) groups is 2. The van der Waals surface area contributed by atoms with Crippen LogP contribution in [0.15, 0.2) is 5.16 Å². The van der Waals surface area contributed by atoms with Gasteiger partial charge in [0.15, 0.2) is 5.16 Å². The van der Waals surface area contributed by atoms with Gasteiger partial charge in [-0.15, -0.1) is 10.2 Å². The third kappa shape index (κ3) is 4.43. The van der Waals surface area contributed by atoms with Gasteiger partial charge in [0.2, 0.25) is 11.9 Å². The summed E-state index contributed by atoms with van der Waals surface area (Å²) in [4.78, 5) is 25.8. The molecule has 0 spiro atoms. The van der Waals surface area contributed by atoms with Crippen molar-refractivity contribution in [1.82, 2.24) is 25.4 Å². The van der Waals surface area contributed by atoms with Crippen LogP contribution < -0.4 is 15.5 Å². The van der Waals surface area contributed by atoms with Crippen LogP contribution in [0.3, 0.4) is 0 Å². The van der Waals surface area contributed by atoms with Crippen molar-refractivity contribution in [2.75, 3.05) is 37.7 Å². The number of nitrogens with zero attached hydrogens (tertiary/aromatic N) is 4. The molecule has 2 heterocycles. The molecule has 10 heteroatoms. The molecule has 0 bridgehead atoms. The van der Waals surface area contributed by atoms with Gasteiger partial charge in [0.1, 0.15) is 0 Å². The van der Waals surface area contributed by atoms with Crippen LogP contribution in [-0.4, -0.2) is 64.8 Å². The first kappa shape index (κ1) is 18.0. The largest absolute Gasteiger partial charge is 0.378 e. The van der Waals surface area contributed by atoms with Gasteiger partial charge >= 0.3 is 6.03 Å². The first-order valence-corrected chi connectivity index (χ1v) is 9.51. The third-order valence-electron chi connectivity index (χ3n) is 4.08. The number of rotatable bonds is 6. The number of amides is 3. The fourth-order valence-electron chi connectivity index (χ4n) is 2.61. The van der Waals surface area contributed by atoms with Gasteiger partial charge in [-0.1, -0.05) is 11.8 Å². The molecule has 1 saturated carbocycles. The molecule has 1 aliphatic carbocycles. The number of anilines is 1. The first-order valence-electron chi connectivity index (χ1n) is 8.63. The van der Waals surface area contributed by atoms with Gasteiger partial charge in [0.25, 0.3) is 0 Å². The molecule has 3 amide bonds. The summed E-state index contributed by atoms with van der Waals surface area (Å²) in [5.41, 5.74) is 0. The molecule has 1 atom stereocenters. The molecule has 25 heavy (non-hydrogen) atoms. The molecular formula is C15H24N6O3S. The Morgan fingerprint density at radius 1 is 1.32 bits per heavy atom. The summed E-state index contributed by atoms with van der Waals surface area (Å²) in [6, 6.07) is -0.0772. The zero-order chi connectivity index (χ0) is 17.8. The van der Waals surface area contributed by atoms with E-state index in [2.05, 4.69) is 30.3 Å². The Balaban J connectivity index is 1.68. The molecule has 2 fully saturated rings. The minimum absolute atomic E-state index is 0.339. The van der Waals surface area contributed by atoms with E-state index in [1.807, 2.05) is 0 Å². The fourth-order valence-corrected chi connectivity index (χ4v) is 3.53. The van der Waals surface area contributed by atoms with Crippen molar-refractivity contribution >= 4 is 29.6 Å². The second-order valence-corrected chi connectivity index (χ2v) is 7.40. The molecule has 1 unspecified atom stereocenters. The van der Waals surface area contributed by atoms with Gasteiger partial charge in [0.05, 0.1) is 18.5 Å². The van der Waals surface area contributed by atoms with E-state index in [1.54, 1.807) is 13.8 Å². The van der Waals surface area contributed by atoms with Crippen molar-refractivity contribution in [2.45, 2.75) is 43.1 Å². The highest BCUT2D eigenvalue weighted by Gasteiger charge is 2.33. The summed E-state index contributed by atoms with van der Waals surface area (Å²) < 4.78 is 7.53. The minimum atomic E-state index is -0.474. The van der Waals surface area contributed by atoms with Crippen LogP contribution in [0.4, 0.5) is 10.7 Å². The smallest absolute Gasteiger partial charge is 0.321 e. The van der Waals surface area contributed by atoms with E-state index in [9.17, 15) is 9.59 Å². The van der Waals surface area contributed by atoms with Gasteiger partial charge in [-0.3, -0.25) is 14.7 Å². The average Bonchev–Trinajstić information content (AvgIpc) is 3.36.